The van der Waals surface area contributed by atoms with E-state index < -0.39 is 18.0 Å². The van der Waals surface area contributed by atoms with Crippen LogP contribution in [0.2, 0.25) is 5.02 Å². The van der Waals surface area contributed by atoms with Gasteiger partial charge in [-0.1, -0.05) is 41.9 Å². The highest BCUT2D eigenvalue weighted by Gasteiger charge is 2.38. The fourth-order valence-electron chi connectivity index (χ4n) is 2.98. The van der Waals surface area contributed by atoms with E-state index in [-0.39, 0.29) is 34.9 Å². The topological polar surface area (TPSA) is 143 Å². The number of hydrogen-bond donors (Lipinski definition) is 3. The molecular formula is C24H23ClF3N7O3. The van der Waals surface area contributed by atoms with Gasteiger partial charge < -0.3 is 25.5 Å². The molecule has 1 amide bonds. The Kier molecular flexibility index (Phi) is 9.20. The smallest absolute Gasteiger partial charge is 0.412 e. The summed E-state index contributed by atoms with van der Waals surface area (Å²) >= 11 is 6.14. The number of anilines is 3. The summed E-state index contributed by atoms with van der Waals surface area (Å²) in [5, 5.41) is 17.8. The van der Waals surface area contributed by atoms with Crippen molar-refractivity contribution in [1.29, 1.82) is 0 Å². The number of nitrogens with one attached hydrogen (secondary N) is 1. The number of aliphatic hydroxyl groups is 1. The molecule has 4 N–H and O–H groups in total. The molecule has 0 saturated heterocycles. The first-order valence-corrected chi connectivity index (χ1v) is 11.3. The third-order valence-corrected chi connectivity index (χ3v) is 5.13. The molecule has 38 heavy (non-hydrogen) atoms. The predicted molar refractivity (Wildman–Crippen MR) is 135 cm³/mol. The normalized spacial score (nSPS) is 10.9. The van der Waals surface area contributed by atoms with Crippen LogP contribution in [0.3, 0.4) is 0 Å². The first-order chi connectivity index (χ1) is 18.0. The van der Waals surface area contributed by atoms with Crippen LogP contribution in [0.1, 0.15) is 21.8 Å². The van der Waals surface area contributed by atoms with E-state index >= 15 is 0 Å². The summed E-state index contributed by atoms with van der Waals surface area (Å²) < 4.78 is 42.3. The average molecular weight is 550 g/mol. The molecule has 0 bridgehead atoms. The van der Waals surface area contributed by atoms with Crippen molar-refractivity contribution in [2.75, 3.05) is 31.8 Å². The van der Waals surface area contributed by atoms with Gasteiger partial charge in [0.1, 0.15) is 5.82 Å². The average Bonchev–Trinajstić information content (AvgIpc) is 3.36. The van der Waals surface area contributed by atoms with Gasteiger partial charge in [0.25, 0.3) is 11.8 Å². The van der Waals surface area contributed by atoms with Crippen molar-refractivity contribution in [3.05, 3.63) is 76.8 Å². The lowest BCUT2D eigenvalue weighted by Crippen LogP contribution is -2.21. The Bertz CT molecular complexity index is 1380. The van der Waals surface area contributed by atoms with Crippen LogP contribution in [0.4, 0.5) is 30.6 Å². The Morgan fingerprint density at radius 1 is 1.16 bits per heavy atom. The van der Waals surface area contributed by atoms with Crippen LogP contribution in [-0.4, -0.2) is 56.8 Å². The van der Waals surface area contributed by atoms with E-state index in [0.29, 0.717) is 11.3 Å². The first-order valence-electron chi connectivity index (χ1n) is 11.0. The number of benzene rings is 2. The van der Waals surface area contributed by atoms with Crippen molar-refractivity contribution < 1.29 is 27.5 Å². The lowest BCUT2D eigenvalue weighted by molar-refractivity contribution is -0.156. The van der Waals surface area contributed by atoms with E-state index in [1.165, 1.54) is 22.6 Å². The fraction of sp³-hybridized carbons (Fsp3) is 0.208. The maximum Gasteiger partial charge on any atom is 0.470 e. The van der Waals surface area contributed by atoms with Crippen LogP contribution in [0, 0.1) is 0 Å². The number of alkyl halides is 3. The maximum atomic E-state index is 12.6. The quantitative estimate of drug-likeness (QED) is 0.318. The monoisotopic (exact) mass is 549 g/mol. The largest absolute Gasteiger partial charge is 0.470 e. The molecule has 2 aromatic carbocycles. The predicted octanol–water partition coefficient (Wildman–Crippen LogP) is 4.45. The number of hydrogen-bond acceptors (Lipinski definition) is 9. The maximum absolute atomic E-state index is 12.6. The number of aliphatic hydroxyl groups excluding tert-OH is 1. The van der Waals surface area contributed by atoms with Gasteiger partial charge in [0.2, 0.25) is 5.95 Å². The number of rotatable bonds is 6. The molecule has 0 spiro atoms. The molecule has 0 fully saturated rings. The van der Waals surface area contributed by atoms with Crippen LogP contribution in [0.25, 0.3) is 11.5 Å². The molecule has 10 nitrogen and oxygen atoms in total. The molecule has 0 atom stereocenters. The summed E-state index contributed by atoms with van der Waals surface area (Å²) in [5.74, 6) is -2.36. The lowest BCUT2D eigenvalue weighted by Gasteiger charge is -2.13. The molecule has 0 aliphatic rings. The summed E-state index contributed by atoms with van der Waals surface area (Å²) in [7, 11) is 3.20. The summed E-state index contributed by atoms with van der Waals surface area (Å²) in [5.41, 5.74) is 7.70. The molecule has 2 aromatic heterocycles. The second-order valence-electron chi connectivity index (χ2n) is 7.88. The van der Waals surface area contributed by atoms with Gasteiger partial charge in [-0.05, 0) is 30.2 Å². The van der Waals surface area contributed by atoms with Gasteiger partial charge in [-0.3, -0.25) is 4.79 Å². The van der Waals surface area contributed by atoms with E-state index in [9.17, 15) is 18.0 Å². The number of aromatic nitrogens is 4. The van der Waals surface area contributed by atoms with Crippen molar-refractivity contribution in [2.45, 2.75) is 12.6 Å². The van der Waals surface area contributed by atoms with Gasteiger partial charge >= 0.3 is 12.1 Å². The second kappa shape index (κ2) is 12.3. The number of nitrogens with zero attached hydrogens (tertiary/aromatic N) is 5. The van der Waals surface area contributed by atoms with Gasteiger partial charge in [-0.2, -0.15) is 18.2 Å². The minimum atomic E-state index is -4.78. The highest BCUT2D eigenvalue weighted by molar-refractivity contribution is 6.34. The Labute approximate surface area is 220 Å². The summed E-state index contributed by atoms with van der Waals surface area (Å²) in [6.45, 7) is 0.240. The Hall–Kier alpha value is -4.23. The molecule has 14 heteroatoms. The Morgan fingerprint density at radius 3 is 2.42 bits per heavy atom. The van der Waals surface area contributed by atoms with Crippen LogP contribution in [0.15, 0.2) is 59.1 Å². The van der Waals surface area contributed by atoms with E-state index in [1.54, 1.807) is 20.2 Å². The van der Waals surface area contributed by atoms with Crippen molar-refractivity contribution in [3.63, 3.8) is 0 Å². The van der Waals surface area contributed by atoms with Crippen molar-refractivity contribution in [3.8, 4) is 11.5 Å². The third kappa shape index (κ3) is 7.40. The second-order valence-corrected chi connectivity index (χ2v) is 8.29. The van der Waals surface area contributed by atoms with E-state index in [0.717, 1.165) is 12.6 Å². The number of nitrogen functional groups attached to an aromatic ring is 1. The third-order valence-electron chi connectivity index (χ3n) is 4.82. The number of nitrogens with two attached hydrogens (primary N) is 1. The minimum Gasteiger partial charge on any atom is -0.412 e. The van der Waals surface area contributed by atoms with Crippen LogP contribution >= 0.6 is 11.6 Å². The van der Waals surface area contributed by atoms with E-state index in [1.807, 2.05) is 30.3 Å². The van der Waals surface area contributed by atoms with Crippen molar-refractivity contribution >= 4 is 35.0 Å². The van der Waals surface area contributed by atoms with Gasteiger partial charge in [-0.15, -0.1) is 10.2 Å². The number of halogens is 4. The minimum absolute atomic E-state index is 0.0459. The SMILES string of the molecule is CN(C)C(=O)c1ccc(Nc2ncc(-c3nnc(C(F)(F)F)o3)c(N)n2)cc1Cl.OCCc1ccccc1. The highest BCUT2D eigenvalue weighted by Crippen LogP contribution is 2.32. The molecular weight excluding hydrogens is 527 g/mol. The summed E-state index contributed by atoms with van der Waals surface area (Å²) in [6.07, 6.45) is -2.87. The van der Waals surface area contributed by atoms with Crippen LogP contribution < -0.4 is 11.1 Å². The zero-order chi connectivity index (χ0) is 27.9. The highest BCUT2D eigenvalue weighted by atomic mass is 35.5. The van der Waals surface area contributed by atoms with Gasteiger partial charge in [0.15, 0.2) is 0 Å². The molecule has 0 aliphatic heterocycles. The molecule has 2 heterocycles. The Balaban J connectivity index is 0.000000375. The zero-order valence-electron chi connectivity index (χ0n) is 20.2. The summed E-state index contributed by atoms with van der Waals surface area (Å²) in [6, 6.07) is 14.6. The van der Waals surface area contributed by atoms with Crippen molar-refractivity contribution in [1.82, 2.24) is 25.1 Å². The van der Waals surface area contributed by atoms with Gasteiger partial charge in [0.05, 0.1) is 16.1 Å². The molecule has 4 rings (SSSR count). The number of amides is 1. The number of carbonyl (C=O) groups excluding carboxylic acids is 1. The molecule has 0 radical (unpaired) electrons. The molecule has 0 aliphatic carbocycles. The van der Waals surface area contributed by atoms with E-state index in [2.05, 4.69) is 29.9 Å². The number of carbonyl (C=O) groups is 1. The molecule has 4 aromatic rings. The van der Waals surface area contributed by atoms with Crippen LogP contribution in [0.5, 0.6) is 0 Å². The summed E-state index contributed by atoms with van der Waals surface area (Å²) in [4.78, 5) is 21.3. The Morgan fingerprint density at radius 2 is 1.87 bits per heavy atom. The van der Waals surface area contributed by atoms with Crippen molar-refractivity contribution in [2.24, 2.45) is 0 Å². The first kappa shape index (κ1) is 28.3. The molecule has 200 valence electrons. The van der Waals surface area contributed by atoms with E-state index in [4.69, 9.17) is 22.4 Å². The van der Waals surface area contributed by atoms with Gasteiger partial charge in [0, 0.05) is 32.6 Å². The fourth-order valence-corrected chi connectivity index (χ4v) is 3.24. The van der Waals surface area contributed by atoms with Gasteiger partial charge in [-0.25, -0.2) is 4.98 Å². The zero-order valence-corrected chi connectivity index (χ0v) is 21.0. The molecule has 0 unspecified atom stereocenters. The lowest BCUT2D eigenvalue weighted by atomic mass is 10.2. The molecule has 0 saturated carbocycles. The van der Waals surface area contributed by atoms with Crippen LogP contribution in [-0.2, 0) is 12.6 Å². The standard InChI is InChI=1S/C16H13ClF3N7O2.C8H10O/c1-27(2)13(28)8-4-3-7(5-10(8)17)23-15-22-6-9(11(21)24-15)12-25-26-14(29-12)16(18,19)20;9-7-6-8-4-2-1-3-5-8/h3-6H,1-2H3,(H3,21,22,23,24);1-5,9H,6-7H2.